The first-order valence-electron chi connectivity index (χ1n) is 6.63. The van der Waals surface area contributed by atoms with Crippen LogP contribution >= 0.6 is 23.5 Å². The summed E-state index contributed by atoms with van der Waals surface area (Å²) in [7, 11) is 2.76. The first-order chi connectivity index (χ1) is 9.58. The van der Waals surface area contributed by atoms with E-state index in [0.717, 1.165) is 12.8 Å². The van der Waals surface area contributed by atoms with Crippen LogP contribution in [0.3, 0.4) is 0 Å². The fraction of sp³-hybridized carbons (Fsp3) is 0.846. The number of carbonyl (C=O) groups is 2. The molecular formula is C13H22O5S2. The zero-order valence-corrected chi connectivity index (χ0v) is 13.5. The van der Waals surface area contributed by atoms with Gasteiger partial charge in [-0.25, -0.2) is 0 Å². The number of esters is 2. The van der Waals surface area contributed by atoms with Crippen molar-refractivity contribution in [1.29, 1.82) is 0 Å². The quantitative estimate of drug-likeness (QED) is 0.678. The van der Waals surface area contributed by atoms with E-state index in [4.69, 9.17) is 0 Å². The molecule has 1 aliphatic carbocycles. The summed E-state index contributed by atoms with van der Waals surface area (Å²) in [6.07, 6.45) is 2.17. The van der Waals surface area contributed by atoms with Crippen LogP contribution in [0.5, 0.6) is 0 Å². The topological polar surface area (TPSA) is 72.8 Å². The molecule has 0 aliphatic heterocycles. The number of thioether (sulfide) groups is 2. The summed E-state index contributed by atoms with van der Waals surface area (Å²) in [6, 6.07) is 0. The average Bonchev–Trinajstić information content (AvgIpc) is 2.79. The molecule has 0 heterocycles. The molecule has 1 saturated carbocycles. The molecular weight excluding hydrogens is 300 g/mol. The monoisotopic (exact) mass is 322 g/mol. The highest BCUT2D eigenvalue weighted by molar-refractivity contribution is 8.03. The minimum absolute atomic E-state index is 0.127. The number of methoxy groups -OCH3 is 2. The molecule has 3 unspecified atom stereocenters. The van der Waals surface area contributed by atoms with E-state index in [9.17, 15) is 14.7 Å². The Hall–Kier alpha value is -0.400. The fourth-order valence-corrected chi connectivity index (χ4v) is 5.08. The first-order valence-corrected chi connectivity index (χ1v) is 8.73. The van der Waals surface area contributed by atoms with Gasteiger partial charge in [0.25, 0.3) is 0 Å². The lowest BCUT2D eigenvalue weighted by molar-refractivity contribution is -0.141. The third-order valence-corrected chi connectivity index (χ3v) is 6.24. The van der Waals surface area contributed by atoms with Crippen LogP contribution in [0.4, 0.5) is 0 Å². The summed E-state index contributed by atoms with van der Waals surface area (Å²) in [5.41, 5.74) is 0. The molecule has 0 aromatic heterocycles. The van der Waals surface area contributed by atoms with Gasteiger partial charge in [0.15, 0.2) is 0 Å². The second-order valence-electron chi connectivity index (χ2n) is 4.54. The lowest BCUT2D eigenvalue weighted by Crippen LogP contribution is -2.25. The first kappa shape index (κ1) is 17.7. The Labute approximate surface area is 128 Å². The maximum Gasteiger partial charge on any atom is 0.306 e. The molecule has 0 aromatic carbocycles. The van der Waals surface area contributed by atoms with Crippen LogP contribution in [-0.2, 0) is 19.1 Å². The van der Waals surface area contributed by atoms with Crippen molar-refractivity contribution in [2.45, 2.75) is 42.3 Å². The second-order valence-corrected chi connectivity index (χ2v) is 7.17. The number of rotatable bonds is 8. The highest BCUT2D eigenvalue weighted by atomic mass is 32.2. The number of hydrogen-bond acceptors (Lipinski definition) is 7. The Balaban J connectivity index is 2.30. The molecule has 1 rings (SSSR count). The van der Waals surface area contributed by atoms with Gasteiger partial charge < -0.3 is 14.6 Å². The van der Waals surface area contributed by atoms with E-state index in [-0.39, 0.29) is 23.3 Å². The van der Waals surface area contributed by atoms with Crippen LogP contribution in [0.15, 0.2) is 0 Å². The SMILES string of the molecule is COC(=O)CCSC1CCC(O)C1SCCC(=O)OC. The van der Waals surface area contributed by atoms with Crippen LogP contribution in [0.2, 0.25) is 0 Å². The summed E-state index contributed by atoms with van der Waals surface area (Å²) in [4.78, 5) is 22.1. The molecule has 0 spiro atoms. The number of aliphatic hydroxyl groups excluding tert-OH is 1. The lowest BCUT2D eigenvalue weighted by atomic mass is 10.3. The molecule has 1 aliphatic rings. The predicted molar refractivity (Wildman–Crippen MR) is 81.0 cm³/mol. The summed E-state index contributed by atoms with van der Waals surface area (Å²) in [6.45, 7) is 0. The third-order valence-electron chi connectivity index (χ3n) is 3.20. The number of hydrogen-bond donors (Lipinski definition) is 1. The molecule has 3 atom stereocenters. The van der Waals surface area contributed by atoms with E-state index >= 15 is 0 Å². The Bertz CT molecular complexity index is 324. The number of carbonyl (C=O) groups excluding carboxylic acids is 2. The molecule has 0 amide bonds. The second kappa shape index (κ2) is 9.52. The molecule has 1 fully saturated rings. The summed E-state index contributed by atoms with van der Waals surface area (Å²) < 4.78 is 9.21. The van der Waals surface area contributed by atoms with Crippen molar-refractivity contribution < 1.29 is 24.2 Å². The molecule has 0 saturated heterocycles. The van der Waals surface area contributed by atoms with Gasteiger partial charge in [-0.1, -0.05) is 0 Å². The standard InChI is InChI=1S/C13H22O5S2/c1-17-11(15)5-7-19-10-4-3-9(14)13(10)20-8-6-12(16)18-2/h9-10,13-14H,3-8H2,1-2H3. The van der Waals surface area contributed by atoms with E-state index in [1.54, 1.807) is 23.5 Å². The number of ether oxygens (including phenoxy) is 2. The molecule has 0 bridgehead atoms. The van der Waals surface area contributed by atoms with Gasteiger partial charge in [0, 0.05) is 22.0 Å². The van der Waals surface area contributed by atoms with Crippen LogP contribution < -0.4 is 0 Å². The summed E-state index contributed by atoms with van der Waals surface area (Å²) in [5, 5.41) is 10.5. The molecule has 0 radical (unpaired) electrons. The Morgan fingerprint density at radius 3 is 2.15 bits per heavy atom. The van der Waals surface area contributed by atoms with E-state index in [0.29, 0.717) is 29.6 Å². The van der Waals surface area contributed by atoms with Crippen LogP contribution in [0.1, 0.15) is 25.7 Å². The normalized spacial score (nSPS) is 25.4. The minimum atomic E-state index is -0.326. The van der Waals surface area contributed by atoms with Gasteiger partial charge in [0.2, 0.25) is 0 Å². The highest BCUT2D eigenvalue weighted by Crippen LogP contribution is 2.38. The van der Waals surface area contributed by atoms with Gasteiger partial charge in [-0.05, 0) is 12.8 Å². The summed E-state index contributed by atoms with van der Waals surface area (Å²) in [5.74, 6) is 0.937. The number of aliphatic hydroxyl groups is 1. The predicted octanol–water partition coefficient (Wildman–Crippen LogP) is 1.47. The van der Waals surface area contributed by atoms with E-state index in [2.05, 4.69) is 9.47 Å². The highest BCUT2D eigenvalue weighted by Gasteiger charge is 2.35. The molecule has 20 heavy (non-hydrogen) atoms. The lowest BCUT2D eigenvalue weighted by Gasteiger charge is -2.21. The molecule has 0 aromatic rings. The Morgan fingerprint density at radius 2 is 1.60 bits per heavy atom. The zero-order chi connectivity index (χ0) is 15.0. The van der Waals surface area contributed by atoms with Gasteiger partial charge in [-0.3, -0.25) is 9.59 Å². The van der Waals surface area contributed by atoms with Gasteiger partial charge >= 0.3 is 11.9 Å². The van der Waals surface area contributed by atoms with E-state index in [1.807, 2.05) is 0 Å². The van der Waals surface area contributed by atoms with Crippen LogP contribution in [0, 0.1) is 0 Å². The van der Waals surface area contributed by atoms with Crippen molar-refractivity contribution in [2.75, 3.05) is 25.7 Å². The summed E-state index contributed by atoms with van der Waals surface area (Å²) >= 11 is 3.33. The van der Waals surface area contributed by atoms with Gasteiger partial charge in [-0.15, -0.1) is 0 Å². The third kappa shape index (κ3) is 5.93. The van der Waals surface area contributed by atoms with Crippen molar-refractivity contribution in [3.8, 4) is 0 Å². The van der Waals surface area contributed by atoms with Crippen molar-refractivity contribution in [3.05, 3.63) is 0 Å². The Morgan fingerprint density at radius 1 is 1.05 bits per heavy atom. The largest absolute Gasteiger partial charge is 0.469 e. The zero-order valence-electron chi connectivity index (χ0n) is 11.9. The van der Waals surface area contributed by atoms with Crippen LogP contribution in [0.25, 0.3) is 0 Å². The van der Waals surface area contributed by atoms with Crippen molar-refractivity contribution in [2.24, 2.45) is 0 Å². The fourth-order valence-electron chi connectivity index (χ4n) is 2.08. The van der Waals surface area contributed by atoms with Gasteiger partial charge in [-0.2, -0.15) is 23.5 Å². The van der Waals surface area contributed by atoms with E-state index < -0.39 is 0 Å². The van der Waals surface area contributed by atoms with Gasteiger partial charge in [0.05, 0.1) is 33.2 Å². The van der Waals surface area contributed by atoms with E-state index in [1.165, 1.54) is 14.2 Å². The smallest absolute Gasteiger partial charge is 0.306 e. The molecule has 1 N–H and O–H groups in total. The molecule has 116 valence electrons. The maximum absolute atomic E-state index is 11.1. The molecule has 5 nitrogen and oxygen atoms in total. The minimum Gasteiger partial charge on any atom is -0.469 e. The van der Waals surface area contributed by atoms with Gasteiger partial charge in [0.1, 0.15) is 0 Å². The van der Waals surface area contributed by atoms with Crippen molar-refractivity contribution in [1.82, 2.24) is 0 Å². The van der Waals surface area contributed by atoms with Crippen molar-refractivity contribution in [3.63, 3.8) is 0 Å². The van der Waals surface area contributed by atoms with Crippen molar-refractivity contribution >= 4 is 35.5 Å². The molecule has 7 heteroatoms. The maximum atomic E-state index is 11.1. The Kier molecular flexibility index (Phi) is 8.40. The van der Waals surface area contributed by atoms with Crippen LogP contribution in [-0.4, -0.2) is 59.4 Å². The average molecular weight is 322 g/mol.